The van der Waals surface area contributed by atoms with Crippen molar-refractivity contribution in [2.45, 2.75) is 6.61 Å². The number of benzene rings is 4. The predicted octanol–water partition coefficient (Wildman–Crippen LogP) is 4.95. The Morgan fingerprint density at radius 1 is 0.839 bits per heavy atom. The highest BCUT2D eigenvalue weighted by atomic mass is 16.5. The zero-order valence-corrected chi connectivity index (χ0v) is 16.9. The van der Waals surface area contributed by atoms with E-state index < -0.39 is 0 Å². The largest absolute Gasteiger partial charge is 0.489 e. The maximum absolute atomic E-state index is 12.1. The highest BCUT2D eigenvalue weighted by Crippen LogP contribution is 2.24. The van der Waals surface area contributed by atoms with Crippen molar-refractivity contribution in [3.05, 3.63) is 108 Å². The summed E-state index contributed by atoms with van der Waals surface area (Å²) in [6, 6.07) is 31.1. The van der Waals surface area contributed by atoms with E-state index in [2.05, 4.69) is 10.5 Å². The fourth-order valence-corrected chi connectivity index (χ4v) is 3.10. The lowest BCUT2D eigenvalue weighted by atomic mass is 10.1. The molecule has 4 aromatic rings. The Hall–Kier alpha value is -4.12. The molecule has 4 aromatic carbocycles. The number of carbonyl (C=O) groups excluding carboxylic acids is 1. The molecule has 0 unspecified atom stereocenters. The van der Waals surface area contributed by atoms with Gasteiger partial charge in [-0.1, -0.05) is 78.9 Å². The quantitative estimate of drug-likeness (QED) is 0.330. The third-order valence-electron chi connectivity index (χ3n) is 4.62. The van der Waals surface area contributed by atoms with Gasteiger partial charge in [-0.25, -0.2) is 5.43 Å². The van der Waals surface area contributed by atoms with Crippen LogP contribution in [0.4, 0.5) is 0 Å². The molecule has 1 N–H and O–H groups in total. The van der Waals surface area contributed by atoms with Crippen molar-refractivity contribution in [2.24, 2.45) is 5.10 Å². The molecule has 0 aromatic heterocycles. The van der Waals surface area contributed by atoms with Gasteiger partial charge in [-0.05, 0) is 34.7 Å². The number of hydrogen-bond donors (Lipinski definition) is 1. The van der Waals surface area contributed by atoms with Gasteiger partial charge in [0.15, 0.2) is 6.61 Å². The van der Waals surface area contributed by atoms with Crippen LogP contribution in [0.25, 0.3) is 10.8 Å². The molecular formula is C26H22N2O3. The number of hydrogen-bond acceptors (Lipinski definition) is 4. The second-order valence-electron chi connectivity index (χ2n) is 6.91. The van der Waals surface area contributed by atoms with E-state index in [1.54, 1.807) is 6.21 Å². The fourth-order valence-electron chi connectivity index (χ4n) is 3.10. The normalized spacial score (nSPS) is 10.8. The third kappa shape index (κ3) is 5.70. The summed E-state index contributed by atoms with van der Waals surface area (Å²) in [6.07, 6.45) is 1.57. The summed E-state index contributed by atoms with van der Waals surface area (Å²) in [7, 11) is 0. The minimum Gasteiger partial charge on any atom is -0.489 e. The van der Waals surface area contributed by atoms with Crippen LogP contribution < -0.4 is 14.9 Å². The van der Waals surface area contributed by atoms with Crippen molar-refractivity contribution in [3.8, 4) is 11.5 Å². The average molecular weight is 410 g/mol. The SMILES string of the molecule is O=C(COc1cccc2ccccc12)N/N=C/c1cccc(OCc2ccccc2)c1. The van der Waals surface area contributed by atoms with E-state index in [-0.39, 0.29) is 12.5 Å². The first-order chi connectivity index (χ1) is 15.3. The van der Waals surface area contributed by atoms with E-state index in [9.17, 15) is 4.79 Å². The number of nitrogens with one attached hydrogen (secondary N) is 1. The molecular weight excluding hydrogens is 388 g/mol. The summed E-state index contributed by atoms with van der Waals surface area (Å²) in [5.41, 5.74) is 4.41. The molecule has 154 valence electrons. The molecule has 0 spiro atoms. The van der Waals surface area contributed by atoms with Crippen molar-refractivity contribution in [2.75, 3.05) is 6.61 Å². The Kier molecular flexibility index (Phi) is 6.55. The molecule has 5 nitrogen and oxygen atoms in total. The lowest BCUT2D eigenvalue weighted by Crippen LogP contribution is -2.24. The van der Waals surface area contributed by atoms with Gasteiger partial charge < -0.3 is 9.47 Å². The monoisotopic (exact) mass is 410 g/mol. The molecule has 31 heavy (non-hydrogen) atoms. The number of carbonyl (C=O) groups is 1. The zero-order chi connectivity index (χ0) is 21.3. The Morgan fingerprint density at radius 3 is 2.52 bits per heavy atom. The number of hydrazone groups is 1. The number of ether oxygens (including phenoxy) is 2. The van der Waals surface area contributed by atoms with E-state index in [1.807, 2.05) is 97.1 Å². The van der Waals surface area contributed by atoms with Gasteiger partial charge in [0.2, 0.25) is 0 Å². The summed E-state index contributed by atoms with van der Waals surface area (Å²) < 4.78 is 11.5. The third-order valence-corrected chi connectivity index (χ3v) is 4.62. The molecule has 0 heterocycles. The highest BCUT2D eigenvalue weighted by molar-refractivity contribution is 5.89. The molecule has 0 fully saturated rings. The van der Waals surface area contributed by atoms with Crippen LogP contribution in [0.15, 0.2) is 102 Å². The van der Waals surface area contributed by atoms with Gasteiger partial charge in [0.25, 0.3) is 5.91 Å². The van der Waals surface area contributed by atoms with E-state index >= 15 is 0 Å². The Morgan fingerprint density at radius 2 is 1.61 bits per heavy atom. The summed E-state index contributed by atoms with van der Waals surface area (Å²) in [4.78, 5) is 12.1. The number of rotatable bonds is 8. The van der Waals surface area contributed by atoms with Gasteiger partial charge in [-0.3, -0.25) is 4.79 Å². The lowest BCUT2D eigenvalue weighted by molar-refractivity contribution is -0.123. The van der Waals surface area contributed by atoms with Gasteiger partial charge in [0, 0.05) is 5.39 Å². The van der Waals surface area contributed by atoms with Crippen LogP contribution in [0.3, 0.4) is 0 Å². The Labute approximate surface area is 180 Å². The molecule has 0 bridgehead atoms. The summed E-state index contributed by atoms with van der Waals surface area (Å²) in [5, 5.41) is 6.04. The smallest absolute Gasteiger partial charge is 0.277 e. The second-order valence-corrected chi connectivity index (χ2v) is 6.91. The topological polar surface area (TPSA) is 59.9 Å². The first kappa shape index (κ1) is 20.2. The predicted molar refractivity (Wildman–Crippen MR) is 122 cm³/mol. The molecule has 0 aliphatic heterocycles. The lowest BCUT2D eigenvalue weighted by Gasteiger charge is -2.08. The van der Waals surface area contributed by atoms with Crippen LogP contribution in [0, 0.1) is 0 Å². The van der Waals surface area contributed by atoms with Crippen LogP contribution in [0.1, 0.15) is 11.1 Å². The summed E-state index contributed by atoms with van der Waals surface area (Å²) in [6.45, 7) is 0.370. The molecule has 0 radical (unpaired) electrons. The Balaban J connectivity index is 1.28. The van der Waals surface area contributed by atoms with E-state index in [4.69, 9.17) is 9.47 Å². The standard InChI is InChI=1S/C26H22N2O3/c29-26(19-31-25-15-7-12-22-11-4-5-14-24(22)25)28-27-17-21-10-6-13-23(16-21)30-18-20-8-2-1-3-9-20/h1-17H,18-19H2,(H,28,29)/b27-17+. The molecule has 0 aliphatic rings. The molecule has 0 saturated heterocycles. The van der Waals surface area contributed by atoms with Crippen molar-refractivity contribution >= 4 is 22.9 Å². The average Bonchev–Trinajstić information content (AvgIpc) is 2.82. The van der Waals surface area contributed by atoms with Gasteiger partial charge >= 0.3 is 0 Å². The number of fused-ring (bicyclic) bond motifs is 1. The minimum absolute atomic E-state index is 0.119. The maximum Gasteiger partial charge on any atom is 0.277 e. The summed E-state index contributed by atoms with van der Waals surface area (Å²) in [5.74, 6) is 1.07. The molecule has 1 amide bonds. The molecule has 4 rings (SSSR count). The van der Waals surface area contributed by atoms with Crippen LogP contribution in [0.2, 0.25) is 0 Å². The van der Waals surface area contributed by atoms with Crippen molar-refractivity contribution < 1.29 is 14.3 Å². The maximum atomic E-state index is 12.1. The van der Waals surface area contributed by atoms with Gasteiger partial charge in [0.05, 0.1) is 6.21 Å². The van der Waals surface area contributed by atoms with Crippen LogP contribution in [-0.4, -0.2) is 18.7 Å². The van der Waals surface area contributed by atoms with Crippen LogP contribution >= 0.6 is 0 Å². The fraction of sp³-hybridized carbons (Fsp3) is 0.0769. The highest BCUT2D eigenvalue weighted by Gasteiger charge is 2.05. The minimum atomic E-state index is -0.333. The van der Waals surface area contributed by atoms with E-state index in [1.165, 1.54) is 0 Å². The zero-order valence-electron chi connectivity index (χ0n) is 16.9. The molecule has 0 aliphatic carbocycles. The second kappa shape index (κ2) is 10.1. The van der Waals surface area contributed by atoms with Crippen molar-refractivity contribution in [1.82, 2.24) is 5.43 Å². The van der Waals surface area contributed by atoms with E-state index in [0.717, 1.165) is 27.6 Å². The van der Waals surface area contributed by atoms with E-state index in [0.29, 0.717) is 12.4 Å². The van der Waals surface area contributed by atoms with Crippen molar-refractivity contribution in [3.63, 3.8) is 0 Å². The van der Waals surface area contributed by atoms with Gasteiger partial charge in [-0.2, -0.15) is 5.10 Å². The first-order valence-electron chi connectivity index (χ1n) is 9.97. The summed E-state index contributed by atoms with van der Waals surface area (Å²) >= 11 is 0. The Bertz CT molecular complexity index is 1180. The molecule has 0 saturated carbocycles. The van der Waals surface area contributed by atoms with Gasteiger partial charge in [-0.15, -0.1) is 0 Å². The number of nitrogens with zero attached hydrogens (tertiary/aromatic N) is 1. The first-order valence-corrected chi connectivity index (χ1v) is 9.97. The van der Waals surface area contributed by atoms with Gasteiger partial charge in [0.1, 0.15) is 18.1 Å². The molecule has 0 atom stereocenters. The number of amides is 1. The van der Waals surface area contributed by atoms with Crippen LogP contribution in [0.5, 0.6) is 11.5 Å². The molecule has 5 heteroatoms. The van der Waals surface area contributed by atoms with Crippen molar-refractivity contribution in [1.29, 1.82) is 0 Å². The van der Waals surface area contributed by atoms with Crippen LogP contribution in [-0.2, 0) is 11.4 Å².